The Kier molecular flexibility index (Phi) is 6.53. The minimum Gasteiger partial charge on any atom is -0.454 e. The molecule has 0 saturated carbocycles. The molecular formula is C21H23N3O4S. The number of carbonyl (C=O) groups is 2. The molecule has 0 spiro atoms. The normalized spacial score (nSPS) is 10.9. The first-order chi connectivity index (χ1) is 13.9. The molecule has 0 atom stereocenters. The van der Waals surface area contributed by atoms with Gasteiger partial charge in [-0.25, -0.2) is 9.78 Å². The Balaban J connectivity index is 1.66. The van der Waals surface area contributed by atoms with E-state index in [0.717, 1.165) is 29.4 Å². The van der Waals surface area contributed by atoms with Gasteiger partial charge in [0.25, 0.3) is 0 Å². The van der Waals surface area contributed by atoms with E-state index < -0.39 is 5.97 Å². The van der Waals surface area contributed by atoms with Crippen molar-refractivity contribution in [2.45, 2.75) is 45.0 Å². The summed E-state index contributed by atoms with van der Waals surface area (Å²) in [5.41, 5.74) is 3.56. The predicted octanol–water partition coefficient (Wildman–Crippen LogP) is 4.15. The standard InChI is InChI=1S/C21H23N3O4S/c1-5-24-13(2)9-18(15(24)4)19(25)11-27-21(26)17-7-6-8-22-20(17)29-12-16-10-14(3)28-23-16/h6-10H,5,11-12H2,1-4H3. The van der Waals surface area contributed by atoms with Crippen LogP contribution < -0.4 is 0 Å². The van der Waals surface area contributed by atoms with Crippen molar-refractivity contribution in [3.8, 4) is 0 Å². The number of ketones is 1. The van der Waals surface area contributed by atoms with Crippen LogP contribution in [-0.2, 0) is 17.0 Å². The summed E-state index contributed by atoms with van der Waals surface area (Å²) in [5.74, 6) is 0.440. The molecular weight excluding hydrogens is 390 g/mol. The molecule has 0 radical (unpaired) electrons. The molecule has 3 rings (SSSR count). The number of nitrogens with zero attached hydrogens (tertiary/aromatic N) is 3. The van der Waals surface area contributed by atoms with E-state index in [1.165, 1.54) is 11.8 Å². The van der Waals surface area contributed by atoms with E-state index in [-0.39, 0.29) is 12.4 Å². The topological polar surface area (TPSA) is 87.2 Å². The summed E-state index contributed by atoms with van der Waals surface area (Å²) in [5, 5.41) is 4.46. The molecule has 0 aromatic carbocycles. The van der Waals surface area contributed by atoms with E-state index in [2.05, 4.69) is 14.7 Å². The predicted molar refractivity (Wildman–Crippen MR) is 109 cm³/mol. The molecule has 0 aliphatic carbocycles. The van der Waals surface area contributed by atoms with Gasteiger partial charge >= 0.3 is 5.97 Å². The van der Waals surface area contributed by atoms with Crippen molar-refractivity contribution < 1.29 is 18.8 Å². The number of Topliss-reactive ketones (excluding diaryl/α,β-unsaturated/α-hetero) is 1. The first-order valence-electron chi connectivity index (χ1n) is 9.27. The number of hydrogen-bond donors (Lipinski definition) is 0. The lowest BCUT2D eigenvalue weighted by Crippen LogP contribution is -2.16. The van der Waals surface area contributed by atoms with Gasteiger partial charge in [-0.05, 0) is 45.9 Å². The quantitative estimate of drug-likeness (QED) is 0.311. The van der Waals surface area contributed by atoms with E-state index in [1.54, 1.807) is 18.3 Å². The first kappa shape index (κ1) is 20.9. The Morgan fingerprint density at radius 2 is 2.00 bits per heavy atom. The van der Waals surface area contributed by atoms with Crippen molar-refractivity contribution in [1.29, 1.82) is 0 Å². The number of ether oxygens (including phenoxy) is 1. The Hall–Kier alpha value is -2.87. The second-order valence-corrected chi connectivity index (χ2v) is 7.57. The zero-order chi connectivity index (χ0) is 21.0. The minimum atomic E-state index is -0.574. The van der Waals surface area contributed by atoms with E-state index in [4.69, 9.17) is 9.26 Å². The summed E-state index contributed by atoms with van der Waals surface area (Å²) in [7, 11) is 0. The minimum absolute atomic E-state index is 0.220. The molecule has 0 saturated heterocycles. The highest BCUT2D eigenvalue weighted by atomic mass is 32.2. The summed E-state index contributed by atoms with van der Waals surface area (Å²) in [6, 6.07) is 6.97. The molecule has 152 valence electrons. The van der Waals surface area contributed by atoms with Crippen molar-refractivity contribution in [2.75, 3.05) is 6.61 Å². The van der Waals surface area contributed by atoms with Crippen LogP contribution >= 0.6 is 11.8 Å². The maximum Gasteiger partial charge on any atom is 0.341 e. The van der Waals surface area contributed by atoms with Gasteiger partial charge in [-0.15, -0.1) is 0 Å². The highest BCUT2D eigenvalue weighted by Crippen LogP contribution is 2.25. The first-order valence-corrected chi connectivity index (χ1v) is 10.3. The lowest BCUT2D eigenvalue weighted by molar-refractivity contribution is 0.0470. The second-order valence-electron chi connectivity index (χ2n) is 6.60. The van der Waals surface area contributed by atoms with Gasteiger partial charge < -0.3 is 13.8 Å². The smallest absolute Gasteiger partial charge is 0.341 e. The van der Waals surface area contributed by atoms with Crippen LogP contribution in [0.1, 0.15) is 50.5 Å². The van der Waals surface area contributed by atoms with Crippen LogP contribution in [0.25, 0.3) is 0 Å². The van der Waals surface area contributed by atoms with Gasteiger partial charge in [0.2, 0.25) is 5.78 Å². The number of esters is 1. The molecule has 3 aromatic rings. The molecule has 3 aromatic heterocycles. The molecule has 0 aliphatic rings. The number of rotatable bonds is 8. The van der Waals surface area contributed by atoms with Gasteiger partial charge in [0.05, 0.1) is 11.3 Å². The number of thioether (sulfide) groups is 1. The van der Waals surface area contributed by atoms with Gasteiger partial charge in [-0.2, -0.15) is 0 Å². The molecule has 0 unspecified atom stereocenters. The molecule has 8 heteroatoms. The van der Waals surface area contributed by atoms with E-state index in [0.29, 0.717) is 21.9 Å². The van der Waals surface area contributed by atoms with Gasteiger partial charge in [0, 0.05) is 41.5 Å². The van der Waals surface area contributed by atoms with Crippen LogP contribution in [-0.4, -0.2) is 33.1 Å². The summed E-state index contributed by atoms with van der Waals surface area (Å²) in [6.45, 7) is 8.16. The number of aryl methyl sites for hydroxylation is 2. The van der Waals surface area contributed by atoms with Crippen molar-refractivity contribution in [3.05, 3.63) is 64.4 Å². The van der Waals surface area contributed by atoms with Gasteiger partial charge in [-0.3, -0.25) is 4.79 Å². The number of hydrogen-bond acceptors (Lipinski definition) is 7. The second kappa shape index (κ2) is 9.09. The molecule has 0 aliphatic heterocycles. The van der Waals surface area contributed by atoms with Crippen molar-refractivity contribution >= 4 is 23.5 Å². The van der Waals surface area contributed by atoms with Crippen LogP contribution in [0.4, 0.5) is 0 Å². The summed E-state index contributed by atoms with van der Waals surface area (Å²) < 4.78 is 12.4. The Labute approximate surface area is 173 Å². The third-order valence-electron chi connectivity index (χ3n) is 4.55. The summed E-state index contributed by atoms with van der Waals surface area (Å²) >= 11 is 1.36. The van der Waals surface area contributed by atoms with Gasteiger partial charge in [-0.1, -0.05) is 16.9 Å². The van der Waals surface area contributed by atoms with Gasteiger partial charge in [0.15, 0.2) is 6.61 Å². The largest absolute Gasteiger partial charge is 0.454 e. The van der Waals surface area contributed by atoms with Crippen molar-refractivity contribution in [1.82, 2.24) is 14.7 Å². The average Bonchev–Trinajstić information content (AvgIpc) is 3.26. The van der Waals surface area contributed by atoms with Crippen LogP contribution in [0.3, 0.4) is 0 Å². The Bertz CT molecular complexity index is 1040. The van der Waals surface area contributed by atoms with Gasteiger partial charge in [0.1, 0.15) is 10.8 Å². The number of aromatic nitrogens is 3. The number of pyridine rings is 1. The Morgan fingerprint density at radius 1 is 1.21 bits per heavy atom. The maximum absolute atomic E-state index is 12.6. The van der Waals surface area contributed by atoms with E-state index in [9.17, 15) is 9.59 Å². The molecule has 7 nitrogen and oxygen atoms in total. The summed E-state index contributed by atoms with van der Waals surface area (Å²) in [6.07, 6.45) is 1.61. The molecule has 0 amide bonds. The summed E-state index contributed by atoms with van der Waals surface area (Å²) in [4.78, 5) is 29.4. The number of carbonyl (C=O) groups excluding carboxylic acids is 2. The highest BCUT2D eigenvalue weighted by Gasteiger charge is 2.19. The Morgan fingerprint density at radius 3 is 2.66 bits per heavy atom. The monoisotopic (exact) mass is 413 g/mol. The van der Waals surface area contributed by atoms with Crippen molar-refractivity contribution in [2.24, 2.45) is 0 Å². The zero-order valence-electron chi connectivity index (χ0n) is 16.9. The third kappa shape index (κ3) is 4.76. The third-order valence-corrected chi connectivity index (χ3v) is 5.59. The highest BCUT2D eigenvalue weighted by molar-refractivity contribution is 7.98. The lowest BCUT2D eigenvalue weighted by Gasteiger charge is -2.08. The van der Waals surface area contributed by atoms with Crippen LogP contribution in [0.15, 0.2) is 40.0 Å². The van der Waals surface area contributed by atoms with E-state index in [1.807, 2.05) is 39.8 Å². The lowest BCUT2D eigenvalue weighted by atomic mass is 10.1. The average molecular weight is 413 g/mol. The van der Waals surface area contributed by atoms with E-state index >= 15 is 0 Å². The molecule has 29 heavy (non-hydrogen) atoms. The van der Waals surface area contributed by atoms with Crippen LogP contribution in [0, 0.1) is 20.8 Å². The SMILES string of the molecule is CCn1c(C)cc(C(=O)COC(=O)c2cccnc2SCc2cc(C)on2)c1C. The maximum atomic E-state index is 12.6. The fourth-order valence-corrected chi connectivity index (χ4v) is 4.01. The fourth-order valence-electron chi connectivity index (χ4n) is 3.15. The molecule has 3 heterocycles. The fraction of sp³-hybridized carbons (Fsp3) is 0.333. The molecule has 0 bridgehead atoms. The molecule has 0 fully saturated rings. The zero-order valence-corrected chi connectivity index (χ0v) is 17.7. The van der Waals surface area contributed by atoms with Crippen LogP contribution in [0.5, 0.6) is 0 Å². The van der Waals surface area contributed by atoms with Crippen molar-refractivity contribution in [3.63, 3.8) is 0 Å². The molecule has 0 N–H and O–H groups in total. The van der Waals surface area contributed by atoms with Crippen LogP contribution in [0.2, 0.25) is 0 Å².